The maximum atomic E-state index is 12.8. The predicted octanol–water partition coefficient (Wildman–Crippen LogP) is 16.6. The molecule has 346 valence electrons. The van der Waals surface area contributed by atoms with Crippen molar-refractivity contribution < 1.29 is 23.8 Å². The van der Waals surface area contributed by atoms with E-state index in [0.29, 0.717) is 25.9 Å². The Kier molecular flexibility index (Phi) is 47.7. The van der Waals surface area contributed by atoms with Gasteiger partial charge < -0.3 is 14.2 Å². The lowest BCUT2D eigenvalue weighted by Gasteiger charge is -2.18. The smallest absolute Gasteiger partial charge is 0.306 e. The molecule has 0 aliphatic rings. The molecule has 0 heterocycles. The van der Waals surface area contributed by atoms with Crippen LogP contribution < -0.4 is 0 Å². The number of carbonyl (C=O) groups excluding carboxylic acids is 2. The van der Waals surface area contributed by atoms with Gasteiger partial charge in [0, 0.05) is 12.8 Å². The van der Waals surface area contributed by atoms with Crippen LogP contribution >= 0.6 is 0 Å². The Morgan fingerprint density at radius 2 is 0.742 bits per heavy atom. The summed E-state index contributed by atoms with van der Waals surface area (Å²) < 4.78 is 17.2. The summed E-state index contributed by atoms with van der Waals surface area (Å²) in [6, 6.07) is 0. The fourth-order valence-electron chi connectivity index (χ4n) is 5.82. The third-order valence-corrected chi connectivity index (χ3v) is 9.34. The molecule has 0 N–H and O–H groups in total. The first kappa shape index (κ1) is 57.8. The van der Waals surface area contributed by atoms with Gasteiger partial charge in [0.2, 0.25) is 0 Å². The van der Waals surface area contributed by atoms with Crippen molar-refractivity contribution in [2.45, 2.75) is 181 Å². The molecule has 1 atom stereocenters. The number of hydrogen-bond donors (Lipinski definition) is 0. The second-order valence-electron chi connectivity index (χ2n) is 15.2. The summed E-state index contributed by atoms with van der Waals surface area (Å²) in [6.07, 6.45) is 74.5. The molecule has 62 heavy (non-hydrogen) atoms. The van der Waals surface area contributed by atoms with Gasteiger partial charge in [0.15, 0.2) is 6.10 Å². The van der Waals surface area contributed by atoms with Crippen LogP contribution in [-0.4, -0.2) is 37.9 Å². The molecule has 0 fully saturated rings. The molecule has 0 aliphatic heterocycles. The summed E-state index contributed by atoms with van der Waals surface area (Å²) >= 11 is 0. The number of ether oxygens (including phenoxy) is 3. The van der Waals surface area contributed by atoms with Gasteiger partial charge in [0.25, 0.3) is 0 Å². The maximum absolute atomic E-state index is 12.8. The highest BCUT2D eigenvalue weighted by molar-refractivity contribution is 5.70. The highest BCUT2D eigenvalue weighted by Gasteiger charge is 2.17. The van der Waals surface area contributed by atoms with Crippen LogP contribution in [0.1, 0.15) is 175 Å². The lowest BCUT2D eigenvalue weighted by atomic mass is 10.1. The molecule has 1 unspecified atom stereocenters. The van der Waals surface area contributed by atoms with Crippen molar-refractivity contribution in [3.05, 3.63) is 146 Å². The van der Waals surface area contributed by atoms with E-state index in [9.17, 15) is 9.59 Å². The van der Waals surface area contributed by atoms with Crippen molar-refractivity contribution in [3.63, 3.8) is 0 Å². The van der Waals surface area contributed by atoms with Gasteiger partial charge in [-0.3, -0.25) is 9.59 Å². The van der Waals surface area contributed by atoms with Crippen molar-refractivity contribution in [1.29, 1.82) is 0 Å². The summed E-state index contributed by atoms with van der Waals surface area (Å²) in [5.74, 6) is -0.537. The highest BCUT2D eigenvalue weighted by atomic mass is 16.6. The van der Waals surface area contributed by atoms with Gasteiger partial charge in [0.1, 0.15) is 6.61 Å². The van der Waals surface area contributed by atoms with Gasteiger partial charge in [-0.15, -0.1) is 0 Å². The summed E-state index contributed by atoms with van der Waals surface area (Å²) in [5.41, 5.74) is 0. The van der Waals surface area contributed by atoms with Crippen LogP contribution in [0.3, 0.4) is 0 Å². The van der Waals surface area contributed by atoms with Gasteiger partial charge in [-0.05, 0) is 116 Å². The summed E-state index contributed by atoms with van der Waals surface area (Å²) in [6.45, 7) is 7.21. The third-order valence-electron chi connectivity index (χ3n) is 9.34. The number of unbranched alkanes of at least 4 members (excludes halogenated alkanes) is 7. The first-order valence-corrected chi connectivity index (χ1v) is 24.4. The Morgan fingerprint density at radius 3 is 1.21 bits per heavy atom. The highest BCUT2D eigenvalue weighted by Crippen LogP contribution is 2.11. The standard InChI is InChI=1S/C57H88O5/c1-4-7-10-13-16-19-22-25-27-29-30-33-35-38-41-44-47-50-56(58)61-54-55(62-57(59)51-48-45-42-39-36-32-24-21-18-15-12-9-6-3)53-60-52-49-46-43-40-37-34-31-28-26-23-20-17-14-11-8-5-2/h7-8,10-12,15-17,19-21,24-28,30,33-34,37-38,41,43,46,55H,4-6,9,13-14,18,22-23,29,31-32,35-36,39-40,42,44-45,47-54H2,1-3H3/b10-7-,11-8-,15-12-,19-16-,20-17-,24-21-,27-25-,28-26-,33-30-,37-34-,41-38-,46-43-. The normalized spacial score (nSPS) is 13.5. The first-order valence-electron chi connectivity index (χ1n) is 24.4. The zero-order valence-electron chi connectivity index (χ0n) is 39.6. The van der Waals surface area contributed by atoms with Crippen LogP contribution in [0, 0.1) is 0 Å². The second kappa shape index (κ2) is 51.1. The van der Waals surface area contributed by atoms with Crippen LogP contribution in [0.2, 0.25) is 0 Å². The molecule has 0 aromatic carbocycles. The molecule has 0 amide bonds. The quantitative estimate of drug-likeness (QED) is 0.0348. The minimum atomic E-state index is -0.616. The molecule has 0 spiro atoms. The summed E-state index contributed by atoms with van der Waals surface area (Å²) in [4.78, 5) is 25.3. The van der Waals surface area contributed by atoms with Crippen LogP contribution in [0.5, 0.6) is 0 Å². The molecule has 0 aliphatic carbocycles. The van der Waals surface area contributed by atoms with Crippen LogP contribution in [0.4, 0.5) is 0 Å². The fraction of sp³-hybridized carbons (Fsp3) is 0.544. The predicted molar refractivity (Wildman–Crippen MR) is 269 cm³/mol. The van der Waals surface area contributed by atoms with Crippen molar-refractivity contribution in [2.75, 3.05) is 19.8 Å². The fourth-order valence-corrected chi connectivity index (χ4v) is 5.82. The van der Waals surface area contributed by atoms with Gasteiger partial charge >= 0.3 is 11.9 Å². The van der Waals surface area contributed by atoms with Gasteiger partial charge in [-0.2, -0.15) is 0 Å². The zero-order valence-corrected chi connectivity index (χ0v) is 39.6. The second-order valence-corrected chi connectivity index (χ2v) is 15.2. The molecule has 0 rings (SSSR count). The Balaban J connectivity index is 4.53. The molecular formula is C57H88O5. The Labute approximate surface area is 381 Å². The van der Waals surface area contributed by atoms with Crippen molar-refractivity contribution in [1.82, 2.24) is 0 Å². The number of carbonyl (C=O) groups is 2. The third kappa shape index (κ3) is 48.4. The van der Waals surface area contributed by atoms with Crippen molar-refractivity contribution in [3.8, 4) is 0 Å². The van der Waals surface area contributed by atoms with Gasteiger partial charge in [-0.1, -0.05) is 192 Å². The maximum Gasteiger partial charge on any atom is 0.306 e. The minimum Gasteiger partial charge on any atom is -0.462 e. The SMILES string of the molecule is CC/C=C\C/C=C\C/C=C\C/C=C\C/C=C\CCCC(=O)OCC(COCC/C=C\C/C=C\C/C=C\C/C=C\C/C=C\CC)OC(=O)CCCCCCC/C=C\C/C=C\CCC. The average Bonchev–Trinajstić information content (AvgIpc) is 3.27. The number of rotatable bonds is 42. The molecule has 0 saturated carbocycles. The zero-order chi connectivity index (χ0) is 44.9. The van der Waals surface area contributed by atoms with E-state index in [4.69, 9.17) is 14.2 Å². The number of esters is 2. The van der Waals surface area contributed by atoms with E-state index in [1.54, 1.807) is 0 Å². The molecule has 0 aromatic rings. The first-order chi connectivity index (χ1) is 30.6. The Hall–Kier alpha value is -4.22. The molecule has 0 bridgehead atoms. The van der Waals surface area contributed by atoms with Gasteiger partial charge in [0.05, 0.1) is 13.2 Å². The minimum absolute atomic E-state index is 0.00975. The molecule has 5 nitrogen and oxygen atoms in total. The van der Waals surface area contributed by atoms with E-state index in [0.717, 1.165) is 122 Å². The Morgan fingerprint density at radius 1 is 0.371 bits per heavy atom. The van der Waals surface area contributed by atoms with E-state index < -0.39 is 6.10 Å². The van der Waals surface area contributed by atoms with E-state index in [1.807, 2.05) is 0 Å². The van der Waals surface area contributed by atoms with Gasteiger partial charge in [-0.25, -0.2) is 0 Å². The molecule has 5 heteroatoms. The van der Waals surface area contributed by atoms with Crippen LogP contribution in [0.15, 0.2) is 146 Å². The van der Waals surface area contributed by atoms with E-state index in [1.165, 1.54) is 12.8 Å². The lowest BCUT2D eigenvalue weighted by Crippen LogP contribution is -2.30. The topological polar surface area (TPSA) is 61.8 Å². The van der Waals surface area contributed by atoms with Crippen LogP contribution in [-0.2, 0) is 23.8 Å². The average molecular weight is 853 g/mol. The molecule has 0 radical (unpaired) electrons. The van der Waals surface area contributed by atoms with E-state index >= 15 is 0 Å². The summed E-state index contributed by atoms with van der Waals surface area (Å²) in [5, 5.41) is 0. The van der Waals surface area contributed by atoms with E-state index in [-0.39, 0.29) is 25.2 Å². The summed E-state index contributed by atoms with van der Waals surface area (Å²) in [7, 11) is 0. The lowest BCUT2D eigenvalue weighted by molar-refractivity contribution is -0.162. The number of allylic oxidation sites excluding steroid dienone is 23. The largest absolute Gasteiger partial charge is 0.462 e. The molecular weight excluding hydrogens is 765 g/mol. The molecule has 0 aromatic heterocycles. The monoisotopic (exact) mass is 853 g/mol. The van der Waals surface area contributed by atoms with Crippen molar-refractivity contribution in [2.24, 2.45) is 0 Å². The Bertz CT molecular complexity index is 1380. The number of hydrogen-bond acceptors (Lipinski definition) is 5. The van der Waals surface area contributed by atoms with E-state index in [2.05, 4.69) is 167 Å². The van der Waals surface area contributed by atoms with Crippen molar-refractivity contribution >= 4 is 11.9 Å². The molecule has 0 saturated heterocycles. The van der Waals surface area contributed by atoms with Crippen LogP contribution in [0.25, 0.3) is 0 Å².